The Bertz CT molecular complexity index is 637. The molecule has 20 heavy (non-hydrogen) atoms. The first kappa shape index (κ1) is 14.6. The number of rotatable bonds is 4. The molecule has 0 bridgehead atoms. The van der Waals surface area contributed by atoms with Crippen molar-refractivity contribution in [3.63, 3.8) is 0 Å². The van der Waals surface area contributed by atoms with Crippen LogP contribution in [0.5, 0.6) is 5.75 Å². The van der Waals surface area contributed by atoms with Crippen LogP contribution in [-0.2, 0) is 6.61 Å². The van der Waals surface area contributed by atoms with E-state index in [-0.39, 0.29) is 5.76 Å². The number of hydrazine groups is 1. The summed E-state index contributed by atoms with van der Waals surface area (Å²) in [6.45, 7) is 4.07. The molecule has 0 saturated carbocycles. The zero-order chi connectivity index (χ0) is 14.7. The summed E-state index contributed by atoms with van der Waals surface area (Å²) in [4.78, 5) is 11.4. The van der Waals surface area contributed by atoms with E-state index in [1.165, 1.54) is 0 Å². The van der Waals surface area contributed by atoms with Crippen LogP contribution < -0.4 is 16.0 Å². The molecular formula is C14H15BrN2O3. The molecule has 0 radical (unpaired) electrons. The van der Waals surface area contributed by atoms with Crippen LogP contribution >= 0.6 is 15.9 Å². The van der Waals surface area contributed by atoms with Gasteiger partial charge in [-0.3, -0.25) is 10.2 Å². The molecule has 1 amide bonds. The highest BCUT2D eigenvalue weighted by Gasteiger charge is 2.14. The lowest BCUT2D eigenvalue weighted by Gasteiger charge is -2.08. The second-order valence-electron chi connectivity index (χ2n) is 4.36. The summed E-state index contributed by atoms with van der Waals surface area (Å²) in [5, 5.41) is 0. The molecule has 2 aromatic rings. The van der Waals surface area contributed by atoms with Crippen molar-refractivity contribution in [2.24, 2.45) is 5.84 Å². The van der Waals surface area contributed by atoms with Gasteiger partial charge in [0.25, 0.3) is 0 Å². The second kappa shape index (κ2) is 6.11. The van der Waals surface area contributed by atoms with Gasteiger partial charge >= 0.3 is 5.91 Å². The number of nitrogens with two attached hydrogens (primary N) is 1. The number of amides is 1. The molecule has 0 unspecified atom stereocenters. The number of benzene rings is 1. The zero-order valence-electron chi connectivity index (χ0n) is 11.2. The number of hydrogen-bond donors (Lipinski definition) is 2. The predicted octanol–water partition coefficient (Wildman–Crippen LogP) is 2.84. The highest BCUT2D eigenvalue weighted by Crippen LogP contribution is 2.25. The third kappa shape index (κ3) is 3.20. The molecule has 5 nitrogen and oxygen atoms in total. The van der Waals surface area contributed by atoms with Crippen LogP contribution in [0.2, 0.25) is 0 Å². The molecule has 1 heterocycles. The Morgan fingerprint density at radius 2 is 2.15 bits per heavy atom. The van der Waals surface area contributed by atoms with Crippen LogP contribution in [0, 0.1) is 13.8 Å². The maximum atomic E-state index is 11.4. The number of hydrogen-bond acceptors (Lipinski definition) is 4. The Kier molecular flexibility index (Phi) is 4.46. The van der Waals surface area contributed by atoms with Crippen molar-refractivity contribution in [2.45, 2.75) is 20.5 Å². The van der Waals surface area contributed by atoms with Crippen LogP contribution in [0.1, 0.15) is 27.4 Å². The zero-order valence-corrected chi connectivity index (χ0v) is 12.8. The molecule has 0 saturated heterocycles. The number of carbonyl (C=O) groups excluding carboxylic acids is 1. The lowest BCUT2D eigenvalue weighted by molar-refractivity contribution is 0.0924. The van der Waals surface area contributed by atoms with Crippen molar-refractivity contribution in [1.82, 2.24) is 5.43 Å². The van der Waals surface area contributed by atoms with E-state index in [2.05, 4.69) is 15.9 Å². The van der Waals surface area contributed by atoms with Gasteiger partial charge in [-0.25, -0.2) is 5.84 Å². The summed E-state index contributed by atoms with van der Waals surface area (Å²) in [7, 11) is 0. The highest BCUT2D eigenvalue weighted by molar-refractivity contribution is 9.10. The Balaban J connectivity index is 2.13. The van der Waals surface area contributed by atoms with Gasteiger partial charge < -0.3 is 9.15 Å². The van der Waals surface area contributed by atoms with E-state index in [0.717, 1.165) is 21.3 Å². The minimum absolute atomic E-state index is 0.176. The molecule has 0 aliphatic rings. The van der Waals surface area contributed by atoms with Crippen molar-refractivity contribution in [3.05, 3.63) is 51.4 Å². The second-order valence-corrected chi connectivity index (χ2v) is 5.28. The third-order valence-electron chi connectivity index (χ3n) is 2.91. The van der Waals surface area contributed by atoms with Gasteiger partial charge in [-0.15, -0.1) is 0 Å². The van der Waals surface area contributed by atoms with Crippen LogP contribution in [0.25, 0.3) is 0 Å². The van der Waals surface area contributed by atoms with Gasteiger partial charge in [0.05, 0.1) is 0 Å². The van der Waals surface area contributed by atoms with E-state index in [1.54, 1.807) is 13.0 Å². The Morgan fingerprint density at radius 1 is 1.40 bits per heavy atom. The first-order chi connectivity index (χ1) is 9.51. The Labute approximate surface area is 125 Å². The maximum Gasteiger partial charge on any atom is 0.300 e. The van der Waals surface area contributed by atoms with E-state index in [0.29, 0.717) is 12.4 Å². The van der Waals surface area contributed by atoms with Crippen molar-refractivity contribution in [3.8, 4) is 5.75 Å². The van der Waals surface area contributed by atoms with Crippen LogP contribution in [0.4, 0.5) is 0 Å². The number of halogens is 1. The molecule has 1 aromatic carbocycles. The maximum absolute atomic E-state index is 11.4. The summed E-state index contributed by atoms with van der Waals surface area (Å²) in [6, 6.07) is 7.45. The standard InChI is InChI=1S/C14H15BrN2O3/c1-8-3-4-11(15)6-12(8)19-7-10-5-13(14(18)17-16)20-9(10)2/h3-6H,7,16H2,1-2H3,(H,17,18). The number of nitrogen functional groups attached to an aromatic ring is 1. The molecular weight excluding hydrogens is 324 g/mol. The minimum Gasteiger partial charge on any atom is -0.488 e. The number of carbonyl (C=O) groups is 1. The smallest absolute Gasteiger partial charge is 0.300 e. The minimum atomic E-state index is -0.460. The molecule has 0 aliphatic heterocycles. The molecule has 6 heteroatoms. The van der Waals surface area contributed by atoms with Gasteiger partial charge in [-0.1, -0.05) is 22.0 Å². The van der Waals surface area contributed by atoms with E-state index in [4.69, 9.17) is 15.0 Å². The van der Waals surface area contributed by atoms with Crippen molar-refractivity contribution >= 4 is 21.8 Å². The van der Waals surface area contributed by atoms with Crippen molar-refractivity contribution < 1.29 is 13.9 Å². The number of furan rings is 1. The lowest BCUT2D eigenvalue weighted by Crippen LogP contribution is -2.29. The fraction of sp³-hybridized carbons (Fsp3) is 0.214. The largest absolute Gasteiger partial charge is 0.488 e. The fourth-order valence-corrected chi connectivity index (χ4v) is 2.07. The van der Waals surface area contributed by atoms with E-state index in [9.17, 15) is 4.79 Å². The van der Waals surface area contributed by atoms with Crippen molar-refractivity contribution in [2.75, 3.05) is 0 Å². The first-order valence-corrected chi connectivity index (χ1v) is 6.79. The van der Waals surface area contributed by atoms with Gasteiger partial charge in [0.1, 0.15) is 18.1 Å². The lowest BCUT2D eigenvalue weighted by atomic mass is 10.2. The molecule has 0 spiro atoms. The van der Waals surface area contributed by atoms with E-state index >= 15 is 0 Å². The predicted molar refractivity (Wildman–Crippen MR) is 78.3 cm³/mol. The van der Waals surface area contributed by atoms with Crippen molar-refractivity contribution in [1.29, 1.82) is 0 Å². The summed E-state index contributed by atoms with van der Waals surface area (Å²) < 4.78 is 12.0. The molecule has 3 N–H and O–H groups in total. The topological polar surface area (TPSA) is 77.5 Å². The highest BCUT2D eigenvalue weighted by atomic mass is 79.9. The van der Waals surface area contributed by atoms with E-state index in [1.807, 2.05) is 30.5 Å². The van der Waals surface area contributed by atoms with Gasteiger partial charge in [-0.2, -0.15) is 0 Å². The molecule has 0 aliphatic carbocycles. The van der Waals surface area contributed by atoms with Gasteiger partial charge in [0.2, 0.25) is 0 Å². The average molecular weight is 339 g/mol. The number of aryl methyl sites for hydroxylation is 2. The Morgan fingerprint density at radius 3 is 2.85 bits per heavy atom. The SMILES string of the molecule is Cc1ccc(Br)cc1OCc1cc(C(=O)NN)oc1C. The van der Waals surface area contributed by atoms with Crippen LogP contribution in [0.3, 0.4) is 0 Å². The first-order valence-electron chi connectivity index (χ1n) is 6.00. The normalized spacial score (nSPS) is 10.4. The monoisotopic (exact) mass is 338 g/mol. The number of ether oxygens (including phenoxy) is 1. The molecule has 1 aromatic heterocycles. The quantitative estimate of drug-likeness (QED) is 0.510. The van der Waals surface area contributed by atoms with Crippen LogP contribution in [-0.4, -0.2) is 5.91 Å². The molecule has 2 rings (SSSR count). The number of nitrogens with one attached hydrogen (secondary N) is 1. The summed E-state index contributed by atoms with van der Waals surface area (Å²) in [6.07, 6.45) is 0. The van der Waals surface area contributed by atoms with Gasteiger partial charge in [0.15, 0.2) is 5.76 Å². The van der Waals surface area contributed by atoms with Crippen LogP contribution in [0.15, 0.2) is 33.2 Å². The van der Waals surface area contributed by atoms with Gasteiger partial charge in [0, 0.05) is 10.0 Å². The summed E-state index contributed by atoms with van der Waals surface area (Å²) >= 11 is 3.40. The fourth-order valence-electron chi connectivity index (χ4n) is 1.73. The molecule has 0 atom stereocenters. The summed E-state index contributed by atoms with van der Waals surface area (Å²) in [5.41, 5.74) is 3.88. The Hall–Kier alpha value is -1.79. The summed E-state index contributed by atoms with van der Waals surface area (Å²) in [5.74, 6) is 6.20. The molecule has 106 valence electrons. The van der Waals surface area contributed by atoms with E-state index < -0.39 is 5.91 Å². The van der Waals surface area contributed by atoms with Gasteiger partial charge in [-0.05, 0) is 37.6 Å². The molecule has 0 fully saturated rings. The average Bonchev–Trinajstić information content (AvgIpc) is 2.80. The third-order valence-corrected chi connectivity index (χ3v) is 3.40.